The quantitative estimate of drug-likeness (QED) is 0.802. The summed E-state index contributed by atoms with van der Waals surface area (Å²) in [4.78, 5) is 20.7. The Morgan fingerprint density at radius 3 is 2.77 bits per heavy atom. The molecule has 0 bridgehead atoms. The third kappa shape index (κ3) is 2.91. The Kier molecular flexibility index (Phi) is 3.75. The van der Waals surface area contributed by atoms with Crippen molar-refractivity contribution in [2.45, 2.75) is 6.54 Å². The van der Waals surface area contributed by atoms with Crippen molar-refractivity contribution in [3.05, 3.63) is 71.5 Å². The van der Waals surface area contributed by atoms with E-state index < -0.39 is 0 Å². The van der Waals surface area contributed by atoms with Gasteiger partial charge in [0.1, 0.15) is 5.69 Å². The first-order valence-electron chi connectivity index (χ1n) is 6.75. The van der Waals surface area contributed by atoms with Gasteiger partial charge in [-0.3, -0.25) is 9.78 Å². The molecule has 1 aromatic heterocycles. The van der Waals surface area contributed by atoms with E-state index in [4.69, 9.17) is 5.26 Å². The zero-order valence-corrected chi connectivity index (χ0v) is 11.7. The number of fused-ring (bicyclic) bond motifs is 1. The molecular formula is C17H12N4O. The molecule has 3 aromatic rings. The third-order valence-corrected chi connectivity index (χ3v) is 3.19. The van der Waals surface area contributed by atoms with Gasteiger partial charge in [0.25, 0.3) is 5.91 Å². The van der Waals surface area contributed by atoms with Crippen LogP contribution in [-0.4, -0.2) is 15.9 Å². The van der Waals surface area contributed by atoms with E-state index in [9.17, 15) is 4.79 Å². The van der Waals surface area contributed by atoms with Crippen LogP contribution in [0.15, 0.2) is 54.7 Å². The van der Waals surface area contributed by atoms with Crippen LogP contribution < -0.4 is 5.32 Å². The van der Waals surface area contributed by atoms with Crippen LogP contribution in [-0.2, 0) is 6.54 Å². The largest absolute Gasteiger partial charge is 0.347 e. The molecule has 22 heavy (non-hydrogen) atoms. The summed E-state index contributed by atoms with van der Waals surface area (Å²) < 4.78 is 0. The molecule has 1 amide bonds. The van der Waals surface area contributed by atoms with Gasteiger partial charge in [0.15, 0.2) is 0 Å². The van der Waals surface area contributed by atoms with Crippen LogP contribution in [0.2, 0.25) is 0 Å². The second-order valence-corrected chi connectivity index (χ2v) is 4.74. The highest BCUT2D eigenvalue weighted by Crippen LogP contribution is 2.09. The highest BCUT2D eigenvalue weighted by Gasteiger charge is 2.08. The number of carbonyl (C=O) groups excluding carboxylic acids is 1. The van der Waals surface area contributed by atoms with Crippen LogP contribution >= 0.6 is 0 Å². The van der Waals surface area contributed by atoms with Crippen LogP contribution in [0.5, 0.6) is 0 Å². The smallest absolute Gasteiger partial charge is 0.271 e. The standard InChI is InChI=1S/C17H12N4O/c18-9-12-4-3-5-13(8-12)10-20-17(22)16-11-19-14-6-1-2-7-15(14)21-16/h1-8,11H,10H2,(H,20,22). The first-order chi connectivity index (χ1) is 10.8. The van der Waals surface area contributed by atoms with Gasteiger partial charge in [0.05, 0.1) is 28.9 Å². The molecule has 3 rings (SSSR count). The number of para-hydroxylation sites is 2. The van der Waals surface area contributed by atoms with Crippen molar-refractivity contribution in [1.29, 1.82) is 5.26 Å². The number of benzene rings is 2. The lowest BCUT2D eigenvalue weighted by Crippen LogP contribution is -2.24. The van der Waals surface area contributed by atoms with E-state index in [0.717, 1.165) is 11.1 Å². The number of hydrogen-bond acceptors (Lipinski definition) is 4. The molecule has 0 fully saturated rings. The molecule has 106 valence electrons. The lowest BCUT2D eigenvalue weighted by Gasteiger charge is -2.05. The SMILES string of the molecule is N#Cc1cccc(CNC(=O)c2cnc3ccccc3n2)c1. The van der Waals surface area contributed by atoms with Crippen LogP contribution in [0.4, 0.5) is 0 Å². The number of amides is 1. The maximum absolute atomic E-state index is 12.1. The van der Waals surface area contributed by atoms with Crippen LogP contribution in [0.25, 0.3) is 11.0 Å². The molecule has 0 unspecified atom stereocenters. The van der Waals surface area contributed by atoms with Crippen molar-refractivity contribution in [2.24, 2.45) is 0 Å². The number of nitriles is 1. The molecule has 2 aromatic carbocycles. The number of hydrogen-bond donors (Lipinski definition) is 1. The third-order valence-electron chi connectivity index (χ3n) is 3.19. The fourth-order valence-corrected chi connectivity index (χ4v) is 2.09. The van der Waals surface area contributed by atoms with Gasteiger partial charge in [-0.25, -0.2) is 4.98 Å². The molecular weight excluding hydrogens is 276 g/mol. The van der Waals surface area contributed by atoms with E-state index in [0.29, 0.717) is 17.6 Å². The van der Waals surface area contributed by atoms with E-state index in [2.05, 4.69) is 21.4 Å². The molecule has 5 heteroatoms. The van der Waals surface area contributed by atoms with Gasteiger partial charge in [-0.1, -0.05) is 24.3 Å². The summed E-state index contributed by atoms with van der Waals surface area (Å²) >= 11 is 0. The van der Waals surface area contributed by atoms with Crippen LogP contribution in [0.1, 0.15) is 21.6 Å². The number of rotatable bonds is 3. The molecule has 0 radical (unpaired) electrons. The summed E-state index contributed by atoms with van der Waals surface area (Å²) in [5.41, 5.74) is 3.14. The fraction of sp³-hybridized carbons (Fsp3) is 0.0588. The van der Waals surface area contributed by atoms with Gasteiger partial charge in [-0.2, -0.15) is 5.26 Å². The average Bonchev–Trinajstić information content (AvgIpc) is 2.59. The number of nitrogens with zero attached hydrogens (tertiary/aromatic N) is 3. The Balaban J connectivity index is 1.74. The number of carbonyl (C=O) groups is 1. The Hall–Kier alpha value is -3.26. The van der Waals surface area contributed by atoms with Crippen molar-refractivity contribution < 1.29 is 4.79 Å². The molecule has 0 spiro atoms. The van der Waals surface area contributed by atoms with E-state index >= 15 is 0 Å². The zero-order chi connectivity index (χ0) is 15.4. The van der Waals surface area contributed by atoms with Gasteiger partial charge in [0.2, 0.25) is 0 Å². The molecule has 0 aliphatic carbocycles. The van der Waals surface area contributed by atoms with Gasteiger partial charge in [-0.15, -0.1) is 0 Å². The maximum Gasteiger partial charge on any atom is 0.271 e. The summed E-state index contributed by atoms with van der Waals surface area (Å²) in [7, 11) is 0. The lowest BCUT2D eigenvalue weighted by atomic mass is 10.1. The Morgan fingerprint density at radius 1 is 1.14 bits per heavy atom. The van der Waals surface area contributed by atoms with Crippen molar-refractivity contribution in [1.82, 2.24) is 15.3 Å². The minimum Gasteiger partial charge on any atom is -0.347 e. The average molecular weight is 288 g/mol. The molecule has 0 saturated heterocycles. The van der Waals surface area contributed by atoms with Gasteiger partial charge >= 0.3 is 0 Å². The monoisotopic (exact) mass is 288 g/mol. The van der Waals surface area contributed by atoms with Gasteiger partial charge < -0.3 is 5.32 Å². The molecule has 1 N–H and O–H groups in total. The fourth-order valence-electron chi connectivity index (χ4n) is 2.09. The van der Waals surface area contributed by atoms with E-state index in [-0.39, 0.29) is 11.6 Å². The predicted molar refractivity (Wildman–Crippen MR) is 81.9 cm³/mol. The molecule has 0 aliphatic heterocycles. The molecule has 0 aliphatic rings. The van der Waals surface area contributed by atoms with Gasteiger partial charge in [0, 0.05) is 6.54 Å². The first kappa shape index (κ1) is 13.7. The van der Waals surface area contributed by atoms with Crippen LogP contribution in [0.3, 0.4) is 0 Å². The zero-order valence-electron chi connectivity index (χ0n) is 11.7. The predicted octanol–water partition coefficient (Wildman–Crippen LogP) is 2.43. The summed E-state index contributed by atoms with van der Waals surface area (Å²) in [5, 5.41) is 11.6. The lowest BCUT2D eigenvalue weighted by molar-refractivity contribution is 0.0946. The normalized spacial score (nSPS) is 10.1. The molecule has 0 saturated carbocycles. The minimum atomic E-state index is -0.291. The first-order valence-corrected chi connectivity index (χ1v) is 6.75. The number of nitrogens with one attached hydrogen (secondary N) is 1. The highest BCUT2D eigenvalue weighted by atomic mass is 16.1. The van der Waals surface area contributed by atoms with Crippen molar-refractivity contribution in [3.63, 3.8) is 0 Å². The van der Waals surface area contributed by atoms with E-state index in [1.165, 1.54) is 6.20 Å². The van der Waals surface area contributed by atoms with Crippen molar-refractivity contribution >= 4 is 16.9 Å². The molecule has 1 heterocycles. The van der Waals surface area contributed by atoms with E-state index in [1.54, 1.807) is 18.2 Å². The van der Waals surface area contributed by atoms with Crippen molar-refractivity contribution in [3.8, 4) is 6.07 Å². The van der Waals surface area contributed by atoms with Crippen LogP contribution in [0, 0.1) is 11.3 Å². The molecule has 0 atom stereocenters. The summed E-state index contributed by atoms with van der Waals surface area (Å²) in [6.45, 7) is 0.336. The molecule has 5 nitrogen and oxygen atoms in total. The number of aromatic nitrogens is 2. The second-order valence-electron chi connectivity index (χ2n) is 4.74. The summed E-state index contributed by atoms with van der Waals surface area (Å²) in [5.74, 6) is -0.291. The minimum absolute atomic E-state index is 0.273. The highest BCUT2D eigenvalue weighted by molar-refractivity contribution is 5.93. The van der Waals surface area contributed by atoms with Gasteiger partial charge in [-0.05, 0) is 29.8 Å². The van der Waals surface area contributed by atoms with E-state index in [1.807, 2.05) is 30.3 Å². The summed E-state index contributed by atoms with van der Waals surface area (Å²) in [6.07, 6.45) is 1.46. The van der Waals surface area contributed by atoms with Crippen molar-refractivity contribution in [2.75, 3.05) is 0 Å². The Morgan fingerprint density at radius 2 is 1.95 bits per heavy atom. The topological polar surface area (TPSA) is 78.7 Å². The maximum atomic E-state index is 12.1. The Bertz CT molecular complexity index is 883. The Labute approximate surface area is 127 Å². The second kappa shape index (κ2) is 6.02. The summed E-state index contributed by atoms with van der Waals surface area (Å²) in [6, 6.07) is 16.6.